The first-order valence-corrected chi connectivity index (χ1v) is 7.47. The fourth-order valence-corrected chi connectivity index (χ4v) is 2.19. The highest BCUT2D eigenvalue weighted by atomic mass is 35.5. The van der Waals surface area contributed by atoms with Gasteiger partial charge >= 0.3 is 0 Å². The van der Waals surface area contributed by atoms with Crippen molar-refractivity contribution < 1.29 is 13.2 Å². The SMILES string of the molecule is Cc1cc(C(=O)C(C)S(C)(=O)=O)c(C)cc1Cl. The van der Waals surface area contributed by atoms with E-state index in [0.29, 0.717) is 16.1 Å². The standard InChI is InChI=1S/C12H15ClO3S/c1-7-6-11(13)8(2)5-10(7)12(14)9(3)17(4,15)16/h5-6,9H,1-4H3. The van der Waals surface area contributed by atoms with Gasteiger partial charge in [-0.2, -0.15) is 0 Å². The Morgan fingerprint density at radius 1 is 1.24 bits per heavy atom. The molecule has 0 bridgehead atoms. The van der Waals surface area contributed by atoms with Gasteiger partial charge in [0.25, 0.3) is 0 Å². The number of sulfone groups is 1. The summed E-state index contributed by atoms with van der Waals surface area (Å²) in [5, 5.41) is -0.451. The van der Waals surface area contributed by atoms with Crippen LogP contribution in [0.4, 0.5) is 0 Å². The van der Waals surface area contributed by atoms with Crippen LogP contribution in [0.1, 0.15) is 28.4 Å². The summed E-state index contributed by atoms with van der Waals surface area (Å²) in [5.74, 6) is -0.384. The zero-order chi connectivity index (χ0) is 13.4. The van der Waals surface area contributed by atoms with Crippen LogP contribution < -0.4 is 0 Å². The molecule has 0 aliphatic heterocycles. The maximum absolute atomic E-state index is 12.1. The number of hydrogen-bond donors (Lipinski definition) is 0. The van der Waals surface area contributed by atoms with Gasteiger partial charge in [0, 0.05) is 16.8 Å². The van der Waals surface area contributed by atoms with E-state index in [4.69, 9.17) is 11.6 Å². The summed E-state index contributed by atoms with van der Waals surface area (Å²) in [6.45, 7) is 4.93. The molecule has 0 heterocycles. The molecule has 0 N–H and O–H groups in total. The number of rotatable bonds is 3. The first-order valence-electron chi connectivity index (χ1n) is 5.14. The molecule has 0 radical (unpaired) electrons. The van der Waals surface area contributed by atoms with Crippen molar-refractivity contribution in [3.05, 3.63) is 33.8 Å². The summed E-state index contributed by atoms with van der Waals surface area (Å²) in [6.07, 6.45) is 1.06. The van der Waals surface area contributed by atoms with Crippen LogP contribution in [0.15, 0.2) is 12.1 Å². The number of hydrogen-bond acceptors (Lipinski definition) is 3. The number of halogens is 1. The summed E-state index contributed by atoms with van der Waals surface area (Å²) in [7, 11) is -3.37. The molecule has 17 heavy (non-hydrogen) atoms. The Balaban J connectivity index is 3.27. The first kappa shape index (κ1) is 14.2. The van der Waals surface area contributed by atoms with Gasteiger partial charge in [-0.05, 0) is 44.0 Å². The number of carbonyl (C=O) groups excluding carboxylic acids is 1. The van der Waals surface area contributed by atoms with Gasteiger partial charge in [0.15, 0.2) is 15.6 Å². The van der Waals surface area contributed by atoms with Crippen molar-refractivity contribution in [3.63, 3.8) is 0 Å². The normalized spacial score (nSPS) is 13.5. The Morgan fingerprint density at radius 3 is 2.24 bits per heavy atom. The molecule has 1 rings (SSSR count). The fourth-order valence-electron chi connectivity index (χ4n) is 1.46. The summed E-state index contributed by atoms with van der Waals surface area (Å²) < 4.78 is 22.7. The Labute approximate surface area is 107 Å². The molecule has 0 fully saturated rings. The summed E-state index contributed by atoms with van der Waals surface area (Å²) in [4.78, 5) is 12.1. The van der Waals surface area contributed by atoms with E-state index < -0.39 is 15.1 Å². The quantitative estimate of drug-likeness (QED) is 0.796. The average molecular weight is 275 g/mol. The van der Waals surface area contributed by atoms with E-state index in [-0.39, 0.29) is 5.78 Å². The van der Waals surface area contributed by atoms with Gasteiger partial charge in [-0.15, -0.1) is 0 Å². The second-order valence-electron chi connectivity index (χ2n) is 4.25. The molecule has 1 aromatic carbocycles. The average Bonchev–Trinajstić information content (AvgIpc) is 2.20. The highest BCUT2D eigenvalue weighted by Gasteiger charge is 2.26. The van der Waals surface area contributed by atoms with Gasteiger partial charge in [0.1, 0.15) is 5.25 Å². The van der Waals surface area contributed by atoms with Crippen LogP contribution in [0.2, 0.25) is 5.02 Å². The van der Waals surface area contributed by atoms with Gasteiger partial charge in [0.05, 0.1) is 0 Å². The molecule has 0 aliphatic rings. The van der Waals surface area contributed by atoms with Crippen LogP contribution in [0, 0.1) is 13.8 Å². The van der Waals surface area contributed by atoms with Crippen molar-refractivity contribution in [2.75, 3.05) is 6.26 Å². The maximum atomic E-state index is 12.1. The summed E-state index contributed by atoms with van der Waals surface area (Å²) in [5.41, 5.74) is 1.88. The second-order valence-corrected chi connectivity index (χ2v) is 7.03. The molecule has 3 nitrogen and oxygen atoms in total. The van der Waals surface area contributed by atoms with Gasteiger partial charge in [-0.25, -0.2) is 8.42 Å². The minimum absolute atomic E-state index is 0.384. The molecule has 1 aromatic rings. The van der Waals surface area contributed by atoms with Crippen LogP contribution in [-0.4, -0.2) is 25.7 Å². The molecule has 0 spiro atoms. The molecule has 0 aliphatic carbocycles. The van der Waals surface area contributed by atoms with Gasteiger partial charge in [-0.3, -0.25) is 4.79 Å². The Hall–Kier alpha value is -0.870. The van der Waals surface area contributed by atoms with E-state index in [0.717, 1.165) is 11.8 Å². The van der Waals surface area contributed by atoms with Crippen molar-refractivity contribution in [2.24, 2.45) is 0 Å². The number of benzene rings is 1. The van der Waals surface area contributed by atoms with E-state index in [2.05, 4.69) is 0 Å². The Bertz CT molecular complexity index is 561. The van der Waals surface area contributed by atoms with Crippen molar-refractivity contribution in [2.45, 2.75) is 26.0 Å². The lowest BCUT2D eigenvalue weighted by atomic mass is 10.0. The highest BCUT2D eigenvalue weighted by molar-refractivity contribution is 7.92. The smallest absolute Gasteiger partial charge is 0.180 e. The lowest BCUT2D eigenvalue weighted by molar-refractivity contribution is 0.0991. The first-order chi connectivity index (χ1) is 7.64. The molecular formula is C12H15ClO3S. The molecule has 94 valence electrons. The van der Waals surface area contributed by atoms with Crippen LogP contribution >= 0.6 is 11.6 Å². The zero-order valence-corrected chi connectivity index (χ0v) is 11.8. The number of aryl methyl sites for hydroxylation is 2. The highest BCUT2D eigenvalue weighted by Crippen LogP contribution is 2.22. The maximum Gasteiger partial charge on any atom is 0.180 e. The lowest BCUT2D eigenvalue weighted by Gasteiger charge is -2.12. The van der Waals surface area contributed by atoms with Crippen molar-refractivity contribution >= 4 is 27.2 Å². The minimum atomic E-state index is -3.37. The number of ketones is 1. The van der Waals surface area contributed by atoms with E-state index in [9.17, 15) is 13.2 Å². The van der Waals surface area contributed by atoms with Gasteiger partial charge < -0.3 is 0 Å². The third-order valence-corrected chi connectivity index (χ3v) is 4.69. The Kier molecular flexibility index (Phi) is 3.99. The number of carbonyl (C=O) groups is 1. The van der Waals surface area contributed by atoms with Crippen molar-refractivity contribution in [1.29, 1.82) is 0 Å². The molecule has 1 atom stereocenters. The molecular weight excluding hydrogens is 260 g/mol. The summed E-state index contributed by atoms with van der Waals surface area (Å²) in [6, 6.07) is 3.32. The third-order valence-electron chi connectivity index (χ3n) is 2.78. The molecule has 1 unspecified atom stereocenters. The largest absolute Gasteiger partial charge is 0.293 e. The molecule has 0 amide bonds. The minimum Gasteiger partial charge on any atom is -0.293 e. The molecule has 0 saturated heterocycles. The van der Waals surface area contributed by atoms with Crippen molar-refractivity contribution in [1.82, 2.24) is 0 Å². The van der Waals surface area contributed by atoms with E-state index in [1.165, 1.54) is 6.92 Å². The van der Waals surface area contributed by atoms with Crippen molar-refractivity contribution in [3.8, 4) is 0 Å². The second kappa shape index (κ2) is 4.78. The predicted molar refractivity (Wildman–Crippen MR) is 69.6 cm³/mol. The third kappa shape index (κ3) is 3.07. The van der Waals surface area contributed by atoms with Crippen LogP contribution in [-0.2, 0) is 9.84 Å². The van der Waals surface area contributed by atoms with E-state index >= 15 is 0 Å². The molecule has 0 aromatic heterocycles. The van der Waals surface area contributed by atoms with E-state index in [1.54, 1.807) is 26.0 Å². The topological polar surface area (TPSA) is 51.2 Å². The van der Waals surface area contributed by atoms with Crippen LogP contribution in [0.5, 0.6) is 0 Å². The monoisotopic (exact) mass is 274 g/mol. The number of Topliss-reactive ketones (excluding diaryl/α,β-unsaturated/α-hetero) is 1. The lowest BCUT2D eigenvalue weighted by Crippen LogP contribution is -2.27. The van der Waals surface area contributed by atoms with Crippen LogP contribution in [0.25, 0.3) is 0 Å². The predicted octanol–water partition coefficient (Wildman–Crippen LogP) is 2.57. The zero-order valence-electron chi connectivity index (χ0n) is 10.2. The Morgan fingerprint density at radius 2 is 1.76 bits per heavy atom. The van der Waals surface area contributed by atoms with Crippen LogP contribution in [0.3, 0.4) is 0 Å². The fraction of sp³-hybridized carbons (Fsp3) is 0.417. The van der Waals surface area contributed by atoms with Gasteiger partial charge in [0.2, 0.25) is 0 Å². The molecule has 0 saturated carbocycles. The summed E-state index contributed by atoms with van der Waals surface area (Å²) >= 11 is 5.93. The van der Waals surface area contributed by atoms with E-state index in [1.807, 2.05) is 0 Å². The van der Waals surface area contributed by atoms with Gasteiger partial charge in [-0.1, -0.05) is 11.6 Å². The molecule has 5 heteroatoms.